The molecule has 0 aliphatic heterocycles. The number of fused-ring (bicyclic) bond motifs is 1. The zero-order chi connectivity index (χ0) is 19.6. The fourth-order valence-corrected chi connectivity index (χ4v) is 5.65. The second-order valence-electron chi connectivity index (χ2n) is 9.47. The number of benzene rings is 2. The summed E-state index contributed by atoms with van der Waals surface area (Å²) in [5, 5.41) is 2.68. The minimum absolute atomic E-state index is 0. The first kappa shape index (κ1) is 22.0. The molecule has 1 radical (unpaired) electrons. The Morgan fingerprint density at radius 3 is 2.17 bits per heavy atom. The minimum atomic E-state index is 0. The number of hydrogen-bond donors (Lipinski definition) is 0. The van der Waals surface area contributed by atoms with Crippen molar-refractivity contribution in [2.75, 3.05) is 0 Å². The van der Waals surface area contributed by atoms with E-state index in [1.54, 1.807) is 0 Å². The largest absolute Gasteiger partial charge is 0.0735 e. The van der Waals surface area contributed by atoms with Crippen LogP contribution in [-0.4, -0.2) is 0 Å². The van der Waals surface area contributed by atoms with Gasteiger partial charge in [0.1, 0.15) is 0 Å². The van der Waals surface area contributed by atoms with Crippen LogP contribution in [0.3, 0.4) is 0 Å². The van der Waals surface area contributed by atoms with Crippen LogP contribution >= 0.6 is 0 Å². The van der Waals surface area contributed by atoms with Crippen LogP contribution in [0.2, 0.25) is 0 Å². The Bertz CT molecular complexity index is 1010. The van der Waals surface area contributed by atoms with Crippen molar-refractivity contribution in [1.82, 2.24) is 0 Å². The molecule has 0 spiro atoms. The third-order valence-electron chi connectivity index (χ3n) is 7.39. The zero-order valence-corrected chi connectivity index (χ0v) is 20.8. The molecule has 0 nitrogen and oxygen atoms in total. The average Bonchev–Trinajstić information content (AvgIpc) is 3.20. The molecular weight excluding hydrogens is 440 g/mol. The van der Waals surface area contributed by atoms with Crippen LogP contribution in [0.1, 0.15) is 81.3 Å². The molecule has 3 aliphatic rings. The Hall–Kier alpha value is -1.20. The number of allylic oxidation sites excluding steroid dienone is 2. The minimum Gasteiger partial charge on any atom is -0.0735 e. The molecule has 0 saturated heterocycles. The normalized spacial score (nSPS) is 20.9. The van der Waals surface area contributed by atoms with Gasteiger partial charge in [-0.2, -0.15) is 0 Å². The standard InChI is InChI=1S/C29H33.Zr/c1-21-12-17-27(26-15-13-25(14-16-26)24-10-6-3-7-11-24)29-20-23(19-28(21)29)18-22-8-4-2-5-9-22;/h12-18,20,22,24H,2-11H2,1H3;. The zero-order valence-electron chi connectivity index (χ0n) is 18.3. The fourth-order valence-electron chi connectivity index (χ4n) is 5.65. The van der Waals surface area contributed by atoms with E-state index in [9.17, 15) is 0 Å². The Morgan fingerprint density at radius 1 is 0.800 bits per heavy atom. The molecule has 0 amide bonds. The van der Waals surface area contributed by atoms with Crippen molar-refractivity contribution >= 4 is 12.2 Å². The molecule has 1 heteroatoms. The van der Waals surface area contributed by atoms with E-state index in [4.69, 9.17) is 0 Å². The number of aryl methyl sites for hydroxylation is 1. The second kappa shape index (κ2) is 9.95. The van der Waals surface area contributed by atoms with Gasteiger partial charge in [-0.3, -0.25) is 0 Å². The van der Waals surface area contributed by atoms with E-state index in [-0.39, 0.29) is 26.2 Å². The molecule has 2 saturated carbocycles. The van der Waals surface area contributed by atoms with Gasteiger partial charge in [-0.15, -0.1) is 0 Å². The van der Waals surface area contributed by atoms with Crippen molar-refractivity contribution in [3.05, 3.63) is 69.6 Å². The van der Waals surface area contributed by atoms with Crippen molar-refractivity contribution in [3.8, 4) is 11.1 Å². The molecule has 0 unspecified atom stereocenters. The first-order valence-corrected chi connectivity index (χ1v) is 11.9. The van der Waals surface area contributed by atoms with Crippen molar-refractivity contribution < 1.29 is 26.2 Å². The molecule has 3 aliphatic carbocycles. The van der Waals surface area contributed by atoms with E-state index in [0.29, 0.717) is 0 Å². The van der Waals surface area contributed by atoms with E-state index in [0.717, 1.165) is 11.8 Å². The van der Waals surface area contributed by atoms with E-state index < -0.39 is 0 Å². The quantitative estimate of drug-likeness (QED) is 0.468. The Morgan fingerprint density at radius 2 is 1.47 bits per heavy atom. The smallest absolute Gasteiger partial charge is 0 e. The van der Waals surface area contributed by atoms with Gasteiger partial charge in [-0.25, -0.2) is 0 Å². The van der Waals surface area contributed by atoms with Crippen LogP contribution in [0.25, 0.3) is 23.3 Å². The van der Waals surface area contributed by atoms with Crippen LogP contribution in [-0.2, 0) is 26.2 Å². The summed E-state index contributed by atoms with van der Waals surface area (Å²) < 4.78 is 0. The summed E-state index contributed by atoms with van der Waals surface area (Å²) >= 11 is 0. The molecule has 2 aromatic rings. The van der Waals surface area contributed by atoms with Crippen LogP contribution in [0.5, 0.6) is 0 Å². The first-order chi connectivity index (χ1) is 14.3. The van der Waals surface area contributed by atoms with E-state index in [2.05, 4.69) is 61.5 Å². The van der Waals surface area contributed by atoms with Crippen molar-refractivity contribution in [1.29, 1.82) is 0 Å². The third-order valence-corrected chi connectivity index (χ3v) is 7.39. The Labute approximate surface area is 201 Å². The summed E-state index contributed by atoms with van der Waals surface area (Å²) in [6.45, 7) is 2.22. The summed E-state index contributed by atoms with van der Waals surface area (Å²) in [4.78, 5) is 0. The monoisotopic (exact) mass is 471 g/mol. The van der Waals surface area contributed by atoms with E-state index in [1.165, 1.54) is 102 Å². The molecule has 5 rings (SSSR count). The maximum absolute atomic E-state index is 3.73. The van der Waals surface area contributed by atoms with Gasteiger partial charge in [0.2, 0.25) is 0 Å². The molecule has 2 fully saturated rings. The van der Waals surface area contributed by atoms with Crippen molar-refractivity contribution in [2.24, 2.45) is 5.92 Å². The third kappa shape index (κ3) is 4.67. The molecule has 153 valence electrons. The number of rotatable bonds is 3. The van der Waals surface area contributed by atoms with Gasteiger partial charge in [0.15, 0.2) is 0 Å². The van der Waals surface area contributed by atoms with Gasteiger partial charge in [0, 0.05) is 26.2 Å². The molecule has 2 aromatic carbocycles. The first-order valence-electron chi connectivity index (χ1n) is 11.9. The van der Waals surface area contributed by atoms with Crippen LogP contribution in [0.15, 0.2) is 48.0 Å². The molecule has 0 bridgehead atoms. The van der Waals surface area contributed by atoms with Crippen molar-refractivity contribution in [3.63, 3.8) is 0 Å². The van der Waals surface area contributed by atoms with Gasteiger partial charge in [0.05, 0.1) is 0 Å². The molecule has 0 atom stereocenters. The van der Waals surface area contributed by atoms with Crippen LogP contribution in [0, 0.1) is 12.8 Å². The maximum atomic E-state index is 3.73. The van der Waals surface area contributed by atoms with Gasteiger partial charge < -0.3 is 0 Å². The molecular formula is C29H33Zr. The topological polar surface area (TPSA) is 0 Å². The summed E-state index contributed by atoms with van der Waals surface area (Å²) in [5.74, 6) is 1.52. The predicted octanol–water partition coefficient (Wildman–Crippen LogP) is 6.67. The summed E-state index contributed by atoms with van der Waals surface area (Å²) in [6, 6.07) is 14.1. The SMILES string of the molecule is Cc1ccc(-c2ccc(C3CCCCC3)cc2)c2c1=[C]C(=CC1CCCCC1)C=2.[Zr]. The van der Waals surface area contributed by atoms with Crippen molar-refractivity contribution in [2.45, 2.75) is 77.0 Å². The van der Waals surface area contributed by atoms with Crippen LogP contribution in [0.4, 0.5) is 0 Å². The van der Waals surface area contributed by atoms with E-state index >= 15 is 0 Å². The predicted molar refractivity (Wildman–Crippen MR) is 124 cm³/mol. The Balaban J connectivity index is 0.00000218. The molecule has 0 N–H and O–H groups in total. The van der Waals surface area contributed by atoms with Crippen LogP contribution < -0.4 is 10.4 Å². The number of hydrogen-bond acceptors (Lipinski definition) is 0. The summed E-state index contributed by atoms with van der Waals surface area (Å²) in [6.07, 6.45) is 22.5. The van der Waals surface area contributed by atoms with Gasteiger partial charge in [-0.05, 0) is 94.9 Å². The maximum Gasteiger partial charge on any atom is 0 e. The van der Waals surface area contributed by atoms with Gasteiger partial charge >= 0.3 is 0 Å². The molecule has 0 aromatic heterocycles. The fraction of sp³-hybridized carbons (Fsp3) is 0.448. The van der Waals surface area contributed by atoms with E-state index in [1.807, 2.05) is 0 Å². The van der Waals surface area contributed by atoms with Gasteiger partial charge in [-0.1, -0.05) is 81.0 Å². The molecule has 30 heavy (non-hydrogen) atoms. The molecule has 0 heterocycles. The Kier molecular flexibility index (Phi) is 7.30. The summed E-state index contributed by atoms with van der Waals surface area (Å²) in [7, 11) is 0. The second-order valence-corrected chi connectivity index (χ2v) is 9.47. The van der Waals surface area contributed by atoms with Gasteiger partial charge in [0.25, 0.3) is 0 Å². The average molecular weight is 473 g/mol. The summed E-state index contributed by atoms with van der Waals surface area (Å²) in [5.41, 5.74) is 6.89.